The van der Waals surface area contributed by atoms with E-state index >= 15 is 0 Å². The Bertz CT molecular complexity index is 531. The first-order valence-corrected chi connectivity index (χ1v) is 6.05. The molecule has 1 aromatic heterocycles. The summed E-state index contributed by atoms with van der Waals surface area (Å²) in [7, 11) is 1.69. The van der Waals surface area contributed by atoms with Crippen molar-refractivity contribution in [1.29, 1.82) is 0 Å². The van der Waals surface area contributed by atoms with Crippen molar-refractivity contribution in [2.24, 2.45) is 0 Å². The van der Waals surface area contributed by atoms with E-state index in [9.17, 15) is 0 Å². The lowest BCUT2D eigenvalue weighted by Crippen LogP contribution is -2.39. The lowest BCUT2D eigenvalue weighted by molar-refractivity contribution is 0.407. The van der Waals surface area contributed by atoms with E-state index in [0.29, 0.717) is 5.92 Å². The highest BCUT2D eigenvalue weighted by Gasteiger charge is 2.24. The van der Waals surface area contributed by atoms with Crippen LogP contribution in [0.4, 0.5) is 0 Å². The predicted octanol–water partition coefficient (Wildman–Crippen LogP) is 2.89. The molecule has 1 fully saturated rings. The second kappa shape index (κ2) is 3.79. The predicted molar refractivity (Wildman–Crippen MR) is 66.1 cm³/mol. The van der Waals surface area contributed by atoms with Crippen LogP contribution in [0.1, 0.15) is 11.5 Å². The molecule has 1 aromatic carbocycles. The summed E-state index contributed by atoms with van der Waals surface area (Å²) < 4.78 is 11.9. The maximum atomic E-state index is 5.57. The van der Waals surface area contributed by atoms with Gasteiger partial charge in [0.05, 0.1) is 17.8 Å². The van der Waals surface area contributed by atoms with Gasteiger partial charge in [0.1, 0.15) is 11.3 Å². The molecule has 3 rings (SSSR count). The van der Waals surface area contributed by atoms with E-state index < -0.39 is 0 Å². The fourth-order valence-corrected chi connectivity index (χ4v) is 2.66. The Labute approximate surface area is 102 Å². The number of methoxy groups -OCH3 is 1. The Hall–Kier alpha value is -1.00. The molecule has 1 aliphatic rings. The van der Waals surface area contributed by atoms with Crippen molar-refractivity contribution in [3.63, 3.8) is 0 Å². The van der Waals surface area contributed by atoms with Gasteiger partial charge in [-0.3, -0.25) is 0 Å². The van der Waals surface area contributed by atoms with Crippen molar-refractivity contribution in [3.8, 4) is 5.75 Å². The van der Waals surface area contributed by atoms with Crippen molar-refractivity contribution >= 4 is 26.9 Å². The van der Waals surface area contributed by atoms with Crippen LogP contribution in [-0.4, -0.2) is 20.2 Å². The van der Waals surface area contributed by atoms with Crippen LogP contribution in [0.2, 0.25) is 0 Å². The fraction of sp³-hybridized carbons (Fsp3) is 0.333. The molecule has 0 radical (unpaired) electrons. The van der Waals surface area contributed by atoms with Gasteiger partial charge in [0.2, 0.25) is 0 Å². The largest absolute Gasteiger partial charge is 0.496 e. The molecule has 1 aliphatic heterocycles. The van der Waals surface area contributed by atoms with Gasteiger partial charge in [-0.1, -0.05) is 0 Å². The maximum absolute atomic E-state index is 5.57. The normalized spacial score (nSPS) is 16.4. The van der Waals surface area contributed by atoms with Gasteiger partial charge in [-0.15, -0.1) is 0 Å². The number of furan rings is 1. The van der Waals surface area contributed by atoms with Crippen molar-refractivity contribution in [2.45, 2.75) is 5.92 Å². The van der Waals surface area contributed by atoms with Gasteiger partial charge in [0.15, 0.2) is 0 Å². The smallest absolute Gasteiger partial charge is 0.138 e. The van der Waals surface area contributed by atoms with Crippen LogP contribution in [0, 0.1) is 0 Å². The summed E-state index contributed by atoms with van der Waals surface area (Å²) >= 11 is 3.54. The van der Waals surface area contributed by atoms with E-state index in [-0.39, 0.29) is 0 Å². The van der Waals surface area contributed by atoms with Crippen LogP contribution in [0.15, 0.2) is 27.3 Å². The maximum Gasteiger partial charge on any atom is 0.138 e. The standard InChI is InChI=1S/C12H12BrNO2/c1-15-10-4-9(7-5-14-6-7)12-8(11(10)13)2-3-16-12/h2-4,7,14H,5-6H2,1H3. The first-order chi connectivity index (χ1) is 7.81. The molecule has 4 heteroatoms. The molecule has 0 unspecified atom stereocenters. The Balaban J connectivity index is 2.25. The van der Waals surface area contributed by atoms with Crippen LogP contribution in [-0.2, 0) is 0 Å². The Morgan fingerprint density at radius 2 is 2.31 bits per heavy atom. The summed E-state index contributed by atoms with van der Waals surface area (Å²) in [6.45, 7) is 2.03. The minimum atomic E-state index is 0.538. The summed E-state index contributed by atoms with van der Waals surface area (Å²) in [5.41, 5.74) is 2.21. The zero-order valence-corrected chi connectivity index (χ0v) is 10.5. The van der Waals surface area contributed by atoms with Gasteiger partial charge in [-0.05, 0) is 28.1 Å². The highest BCUT2D eigenvalue weighted by Crippen LogP contribution is 2.39. The second-order valence-electron chi connectivity index (χ2n) is 4.00. The summed E-state index contributed by atoms with van der Waals surface area (Å²) in [6.07, 6.45) is 1.73. The van der Waals surface area contributed by atoms with Crippen LogP contribution in [0.3, 0.4) is 0 Å². The number of hydrogen-bond acceptors (Lipinski definition) is 3. The number of hydrogen-bond donors (Lipinski definition) is 1. The quantitative estimate of drug-likeness (QED) is 0.919. The van der Waals surface area contributed by atoms with Gasteiger partial charge in [0, 0.05) is 30.0 Å². The molecular weight excluding hydrogens is 270 g/mol. The van der Waals surface area contributed by atoms with E-state index in [2.05, 4.69) is 27.3 Å². The summed E-state index contributed by atoms with van der Waals surface area (Å²) in [5, 5.41) is 4.36. The molecule has 3 nitrogen and oxygen atoms in total. The molecule has 0 saturated carbocycles. The van der Waals surface area contributed by atoms with Crippen molar-refractivity contribution in [1.82, 2.24) is 5.32 Å². The first-order valence-electron chi connectivity index (χ1n) is 5.25. The molecular formula is C12H12BrNO2. The van der Waals surface area contributed by atoms with Crippen molar-refractivity contribution in [2.75, 3.05) is 20.2 Å². The lowest BCUT2D eigenvalue weighted by atomic mass is 9.92. The van der Waals surface area contributed by atoms with Crippen LogP contribution >= 0.6 is 15.9 Å². The fourth-order valence-electron chi connectivity index (χ4n) is 2.07. The zero-order chi connectivity index (χ0) is 11.1. The van der Waals surface area contributed by atoms with E-state index in [4.69, 9.17) is 9.15 Å². The number of ether oxygens (including phenoxy) is 1. The molecule has 0 amide bonds. The highest BCUT2D eigenvalue weighted by molar-refractivity contribution is 9.10. The van der Waals surface area contributed by atoms with Crippen molar-refractivity contribution < 1.29 is 9.15 Å². The molecule has 0 bridgehead atoms. The highest BCUT2D eigenvalue weighted by atomic mass is 79.9. The SMILES string of the molecule is COc1cc(C2CNC2)c2occc2c1Br. The van der Waals surface area contributed by atoms with E-state index in [1.165, 1.54) is 5.56 Å². The molecule has 0 atom stereocenters. The lowest BCUT2D eigenvalue weighted by Gasteiger charge is -2.28. The van der Waals surface area contributed by atoms with Crippen LogP contribution < -0.4 is 10.1 Å². The molecule has 2 heterocycles. The number of rotatable bonds is 2. The molecule has 16 heavy (non-hydrogen) atoms. The van der Waals surface area contributed by atoms with Gasteiger partial charge in [-0.25, -0.2) is 0 Å². The third kappa shape index (κ3) is 1.37. The summed E-state index contributed by atoms with van der Waals surface area (Å²) in [4.78, 5) is 0. The monoisotopic (exact) mass is 281 g/mol. The number of benzene rings is 1. The van der Waals surface area contributed by atoms with E-state index in [1.807, 2.05) is 6.07 Å². The first kappa shape index (κ1) is 10.2. The molecule has 84 valence electrons. The number of fused-ring (bicyclic) bond motifs is 1. The third-order valence-electron chi connectivity index (χ3n) is 3.11. The molecule has 0 aliphatic carbocycles. The average Bonchev–Trinajstić information content (AvgIpc) is 2.68. The second-order valence-corrected chi connectivity index (χ2v) is 4.79. The Kier molecular flexibility index (Phi) is 2.41. The number of halogens is 1. The van der Waals surface area contributed by atoms with Crippen LogP contribution in [0.25, 0.3) is 11.0 Å². The molecule has 1 saturated heterocycles. The number of nitrogens with one attached hydrogen (secondary N) is 1. The topological polar surface area (TPSA) is 34.4 Å². The summed E-state index contributed by atoms with van der Waals surface area (Å²) in [6, 6.07) is 4.04. The van der Waals surface area contributed by atoms with Gasteiger partial charge in [-0.2, -0.15) is 0 Å². The van der Waals surface area contributed by atoms with Gasteiger partial charge >= 0.3 is 0 Å². The van der Waals surface area contributed by atoms with E-state index in [0.717, 1.165) is 34.3 Å². The summed E-state index contributed by atoms with van der Waals surface area (Å²) in [5.74, 6) is 1.41. The Morgan fingerprint density at radius 1 is 1.50 bits per heavy atom. The van der Waals surface area contributed by atoms with Crippen LogP contribution in [0.5, 0.6) is 5.75 Å². The zero-order valence-electron chi connectivity index (χ0n) is 8.92. The average molecular weight is 282 g/mol. The van der Waals surface area contributed by atoms with Crippen molar-refractivity contribution in [3.05, 3.63) is 28.4 Å². The Morgan fingerprint density at radius 3 is 2.94 bits per heavy atom. The molecule has 1 N–H and O–H groups in total. The minimum Gasteiger partial charge on any atom is -0.496 e. The van der Waals surface area contributed by atoms with E-state index in [1.54, 1.807) is 13.4 Å². The molecule has 2 aromatic rings. The minimum absolute atomic E-state index is 0.538. The third-order valence-corrected chi connectivity index (χ3v) is 3.93. The van der Waals surface area contributed by atoms with Gasteiger partial charge in [0.25, 0.3) is 0 Å². The van der Waals surface area contributed by atoms with Gasteiger partial charge < -0.3 is 14.5 Å². The molecule has 0 spiro atoms.